The number of carbonyl (C=O) groups excluding carboxylic acids is 1. The van der Waals surface area contributed by atoms with E-state index in [0.29, 0.717) is 6.54 Å². The Labute approximate surface area is 201 Å². The van der Waals surface area contributed by atoms with Gasteiger partial charge in [-0.05, 0) is 24.6 Å². The number of aliphatic imine (C=N–C) groups is 1. The molecule has 3 rings (SSSR count). The molecule has 0 spiro atoms. The highest BCUT2D eigenvalue weighted by molar-refractivity contribution is 14.0. The molecule has 0 saturated carbocycles. The van der Waals surface area contributed by atoms with Crippen molar-refractivity contribution >= 4 is 41.5 Å². The molecule has 2 aromatic carbocycles. The van der Waals surface area contributed by atoms with E-state index in [0.717, 1.165) is 55.7 Å². The van der Waals surface area contributed by atoms with E-state index in [4.69, 9.17) is 4.74 Å². The number of amides is 1. The number of piperazine rings is 1. The molecule has 0 aliphatic carbocycles. The molecule has 1 heterocycles. The van der Waals surface area contributed by atoms with Gasteiger partial charge in [0.05, 0.1) is 12.8 Å². The molecule has 1 aliphatic heterocycles. The van der Waals surface area contributed by atoms with Gasteiger partial charge in [0.15, 0.2) is 5.96 Å². The SMILES string of the molecule is CCNC(=NCC(=O)NCc1ccccc1)N1CCN(c2ccccc2OC)CC1.I. The maximum Gasteiger partial charge on any atom is 0.242 e. The number of halogens is 1. The van der Waals surface area contributed by atoms with Crippen molar-refractivity contribution in [1.82, 2.24) is 15.5 Å². The minimum Gasteiger partial charge on any atom is -0.495 e. The summed E-state index contributed by atoms with van der Waals surface area (Å²) in [5, 5.41) is 6.24. The van der Waals surface area contributed by atoms with E-state index in [9.17, 15) is 4.79 Å². The van der Waals surface area contributed by atoms with Gasteiger partial charge in [0.25, 0.3) is 0 Å². The molecule has 1 saturated heterocycles. The smallest absolute Gasteiger partial charge is 0.242 e. The number of hydrogen-bond donors (Lipinski definition) is 2. The maximum absolute atomic E-state index is 12.2. The first-order valence-corrected chi connectivity index (χ1v) is 10.4. The number of nitrogens with zero attached hydrogens (tertiary/aromatic N) is 3. The fourth-order valence-corrected chi connectivity index (χ4v) is 3.48. The van der Waals surface area contributed by atoms with Crippen molar-refractivity contribution in [1.29, 1.82) is 0 Å². The highest BCUT2D eigenvalue weighted by Crippen LogP contribution is 2.28. The fraction of sp³-hybridized carbons (Fsp3) is 0.391. The molecule has 2 aromatic rings. The molecule has 1 aliphatic rings. The number of guanidine groups is 1. The lowest BCUT2D eigenvalue weighted by Crippen LogP contribution is -2.52. The third-order valence-electron chi connectivity index (χ3n) is 5.04. The van der Waals surface area contributed by atoms with Crippen LogP contribution in [0.25, 0.3) is 0 Å². The lowest BCUT2D eigenvalue weighted by atomic mass is 10.2. The van der Waals surface area contributed by atoms with Gasteiger partial charge in [-0.2, -0.15) is 0 Å². The Morgan fingerprint density at radius 3 is 2.35 bits per heavy atom. The zero-order valence-electron chi connectivity index (χ0n) is 18.2. The van der Waals surface area contributed by atoms with Crippen LogP contribution in [0, 0.1) is 0 Å². The molecule has 0 bridgehead atoms. The molecule has 0 aromatic heterocycles. The third-order valence-corrected chi connectivity index (χ3v) is 5.04. The first-order chi connectivity index (χ1) is 14.7. The maximum atomic E-state index is 12.2. The Bertz CT molecular complexity index is 839. The summed E-state index contributed by atoms with van der Waals surface area (Å²) in [5.74, 6) is 1.59. The second-order valence-electron chi connectivity index (χ2n) is 7.08. The lowest BCUT2D eigenvalue weighted by Gasteiger charge is -2.38. The van der Waals surface area contributed by atoms with Crippen LogP contribution in [-0.2, 0) is 11.3 Å². The predicted octanol–water partition coefficient (Wildman–Crippen LogP) is 2.72. The second kappa shape index (κ2) is 13.0. The molecule has 0 unspecified atom stereocenters. The predicted molar refractivity (Wildman–Crippen MR) is 136 cm³/mol. The van der Waals surface area contributed by atoms with E-state index in [1.54, 1.807) is 7.11 Å². The quantitative estimate of drug-likeness (QED) is 0.323. The molecule has 1 fully saturated rings. The van der Waals surface area contributed by atoms with Crippen LogP contribution in [-0.4, -0.2) is 63.1 Å². The van der Waals surface area contributed by atoms with E-state index in [2.05, 4.69) is 31.5 Å². The third kappa shape index (κ3) is 7.30. The van der Waals surface area contributed by atoms with Crippen LogP contribution in [0.1, 0.15) is 12.5 Å². The van der Waals surface area contributed by atoms with Crippen molar-refractivity contribution in [3.8, 4) is 5.75 Å². The van der Waals surface area contributed by atoms with Gasteiger partial charge in [0.2, 0.25) is 5.91 Å². The Hall–Kier alpha value is -2.49. The largest absolute Gasteiger partial charge is 0.495 e. The summed E-state index contributed by atoms with van der Waals surface area (Å²) in [7, 11) is 1.70. The summed E-state index contributed by atoms with van der Waals surface area (Å²) in [6.07, 6.45) is 0. The molecule has 0 radical (unpaired) electrons. The van der Waals surface area contributed by atoms with E-state index < -0.39 is 0 Å². The van der Waals surface area contributed by atoms with Gasteiger partial charge in [-0.25, -0.2) is 4.99 Å². The highest BCUT2D eigenvalue weighted by Gasteiger charge is 2.21. The highest BCUT2D eigenvalue weighted by atomic mass is 127. The molecule has 7 nitrogen and oxygen atoms in total. The van der Waals surface area contributed by atoms with Crippen LogP contribution in [0.3, 0.4) is 0 Å². The Kier molecular flexibility index (Phi) is 10.4. The first-order valence-electron chi connectivity index (χ1n) is 10.4. The molecule has 31 heavy (non-hydrogen) atoms. The summed E-state index contributed by atoms with van der Waals surface area (Å²) in [6, 6.07) is 18.0. The van der Waals surface area contributed by atoms with Crippen molar-refractivity contribution in [3.63, 3.8) is 0 Å². The lowest BCUT2D eigenvalue weighted by molar-refractivity contribution is -0.119. The van der Waals surface area contributed by atoms with Crippen LogP contribution in [0.15, 0.2) is 59.6 Å². The Morgan fingerprint density at radius 2 is 1.68 bits per heavy atom. The van der Waals surface area contributed by atoms with Crippen molar-refractivity contribution in [2.75, 3.05) is 51.3 Å². The molecule has 8 heteroatoms. The van der Waals surface area contributed by atoms with E-state index >= 15 is 0 Å². The standard InChI is InChI=1S/C23H31N5O2.HI/c1-3-24-23(26-18-22(29)25-17-19-9-5-4-6-10-19)28-15-13-27(14-16-28)20-11-7-8-12-21(20)30-2;/h4-12H,3,13-18H2,1-2H3,(H,24,26)(H,25,29);1H. The molecule has 2 N–H and O–H groups in total. The van der Waals surface area contributed by atoms with Crippen molar-refractivity contribution in [3.05, 3.63) is 60.2 Å². The van der Waals surface area contributed by atoms with Crippen molar-refractivity contribution in [2.24, 2.45) is 4.99 Å². The summed E-state index contributed by atoms with van der Waals surface area (Å²) in [5.41, 5.74) is 2.19. The number of ether oxygens (including phenoxy) is 1. The number of methoxy groups -OCH3 is 1. The Morgan fingerprint density at radius 1 is 1.00 bits per heavy atom. The summed E-state index contributed by atoms with van der Waals surface area (Å²) in [6.45, 7) is 6.82. The Balaban J connectivity index is 0.00000341. The second-order valence-corrected chi connectivity index (χ2v) is 7.08. The summed E-state index contributed by atoms with van der Waals surface area (Å²) >= 11 is 0. The fourth-order valence-electron chi connectivity index (χ4n) is 3.48. The molecule has 168 valence electrons. The molecular formula is C23H32IN5O2. The van der Waals surface area contributed by atoms with Gasteiger partial charge in [-0.15, -0.1) is 24.0 Å². The number of nitrogens with one attached hydrogen (secondary N) is 2. The number of anilines is 1. The minimum atomic E-state index is -0.0816. The van der Waals surface area contributed by atoms with Gasteiger partial charge in [0, 0.05) is 39.3 Å². The summed E-state index contributed by atoms with van der Waals surface area (Å²) < 4.78 is 5.50. The van der Waals surface area contributed by atoms with E-state index in [1.165, 1.54) is 0 Å². The zero-order chi connectivity index (χ0) is 21.2. The van der Waals surface area contributed by atoms with Crippen molar-refractivity contribution in [2.45, 2.75) is 13.5 Å². The van der Waals surface area contributed by atoms with Gasteiger partial charge in [-0.1, -0.05) is 42.5 Å². The van der Waals surface area contributed by atoms with Gasteiger partial charge < -0.3 is 25.2 Å². The van der Waals surface area contributed by atoms with Crippen molar-refractivity contribution < 1.29 is 9.53 Å². The zero-order valence-corrected chi connectivity index (χ0v) is 20.5. The van der Waals surface area contributed by atoms with E-state index in [1.807, 2.05) is 55.5 Å². The van der Waals surface area contributed by atoms with Crippen LogP contribution >= 0.6 is 24.0 Å². The average molecular weight is 537 g/mol. The number of hydrogen-bond acceptors (Lipinski definition) is 4. The average Bonchev–Trinajstić information content (AvgIpc) is 2.81. The topological polar surface area (TPSA) is 69.2 Å². The van der Waals surface area contributed by atoms with E-state index in [-0.39, 0.29) is 36.4 Å². The molecular weight excluding hydrogens is 505 g/mol. The van der Waals surface area contributed by atoms with Crippen LogP contribution in [0.2, 0.25) is 0 Å². The van der Waals surface area contributed by atoms with Crippen LogP contribution in [0.4, 0.5) is 5.69 Å². The van der Waals surface area contributed by atoms with Gasteiger partial charge >= 0.3 is 0 Å². The molecule has 0 atom stereocenters. The monoisotopic (exact) mass is 537 g/mol. The number of rotatable bonds is 7. The first kappa shape index (κ1) is 24.8. The number of para-hydroxylation sites is 2. The van der Waals surface area contributed by atoms with Crippen LogP contribution < -0.4 is 20.3 Å². The van der Waals surface area contributed by atoms with Crippen LogP contribution in [0.5, 0.6) is 5.75 Å². The summed E-state index contributed by atoms with van der Waals surface area (Å²) in [4.78, 5) is 21.3. The normalized spacial score (nSPS) is 13.9. The number of carbonyl (C=O) groups is 1. The van der Waals surface area contributed by atoms with Gasteiger partial charge in [-0.3, -0.25) is 4.79 Å². The molecule has 1 amide bonds. The minimum absolute atomic E-state index is 0. The number of benzene rings is 2. The van der Waals surface area contributed by atoms with Gasteiger partial charge in [0.1, 0.15) is 12.3 Å².